The second-order valence-corrected chi connectivity index (χ2v) is 5.96. The summed E-state index contributed by atoms with van der Waals surface area (Å²) in [4.78, 5) is 11.6. The minimum atomic E-state index is -0.515. The molecule has 0 aromatic heterocycles. The summed E-state index contributed by atoms with van der Waals surface area (Å²) in [6, 6.07) is 3.65. The molecule has 0 bridgehead atoms. The number of carbonyl (C=O) groups excluding carboxylic acids is 1. The van der Waals surface area contributed by atoms with E-state index in [0.717, 1.165) is 10.0 Å². The molecule has 0 aliphatic rings. The molecule has 0 saturated heterocycles. The number of ether oxygens (including phenoxy) is 3. The van der Waals surface area contributed by atoms with Gasteiger partial charge in [0, 0.05) is 6.54 Å². The zero-order valence-electron chi connectivity index (χ0n) is 12.4. The molecule has 0 unspecified atom stereocenters. The van der Waals surface area contributed by atoms with E-state index in [4.69, 9.17) is 14.2 Å². The van der Waals surface area contributed by atoms with Crippen LogP contribution in [-0.4, -0.2) is 25.9 Å². The summed E-state index contributed by atoms with van der Waals surface area (Å²) in [5.74, 6) is 1.29. The molecule has 5 nitrogen and oxygen atoms in total. The van der Waals surface area contributed by atoms with Crippen molar-refractivity contribution >= 4 is 22.0 Å². The van der Waals surface area contributed by atoms with Crippen LogP contribution in [0.15, 0.2) is 16.6 Å². The van der Waals surface area contributed by atoms with Gasteiger partial charge in [-0.3, -0.25) is 0 Å². The minimum Gasteiger partial charge on any atom is -0.495 e. The zero-order valence-corrected chi connectivity index (χ0v) is 14.0. The van der Waals surface area contributed by atoms with Crippen LogP contribution in [0.4, 0.5) is 4.79 Å². The van der Waals surface area contributed by atoms with Crippen molar-refractivity contribution in [3.63, 3.8) is 0 Å². The van der Waals surface area contributed by atoms with Gasteiger partial charge < -0.3 is 19.5 Å². The Bertz CT molecular complexity index is 458. The molecule has 20 heavy (non-hydrogen) atoms. The molecule has 0 fully saturated rings. The molecule has 0 radical (unpaired) electrons. The van der Waals surface area contributed by atoms with Gasteiger partial charge in [-0.05, 0) is 54.4 Å². The van der Waals surface area contributed by atoms with E-state index < -0.39 is 11.7 Å². The minimum absolute atomic E-state index is 0.328. The van der Waals surface area contributed by atoms with Crippen molar-refractivity contribution in [3.05, 3.63) is 22.2 Å². The molecule has 0 saturated carbocycles. The number of nitrogens with one attached hydrogen (secondary N) is 1. The molecule has 0 spiro atoms. The third kappa shape index (κ3) is 4.92. The lowest BCUT2D eigenvalue weighted by Gasteiger charge is -2.20. The predicted octanol–water partition coefficient (Wildman–Crippen LogP) is 3.49. The number of methoxy groups -OCH3 is 2. The van der Waals surface area contributed by atoms with E-state index in [1.165, 1.54) is 0 Å². The fourth-order valence-corrected chi connectivity index (χ4v) is 2.07. The number of halogens is 1. The maximum atomic E-state index is 11.6. The predicted molar refractivity (Wildman–Crippen MR) is 80.3 cm³/mol. The first-order valence-corrected chi connectivity index (χ1v) is 6.93. The molecule has 1 aromatic carbocycles. The van der Waals surface area contributed by atoms with Crippen molar-refractivity contribution in [3.8, 4) is 11.5 Å². The van der Waals surface area contributed by atoms with E-state index >= 15 is 0 Å². The fourth-order valence-electron chi connectivity index (χ4n) is 1.51. The van der Waals surface area contributed by atoms with Crippen molar-refractivity contribution in [1.29, 1.82) is 0 Å². The Labute approximate surface area is 127 Å². The molecule has 0 aliphatic carbocycles. The summed E-state index contributed by atoms with van der Waals surface area (Å²) in [5, 5.41) is 2.69. The molecule has 1 N–H and O–H groups in total. The largest absolute Gasteiger partial charge is 0.495 e. The molecule has 112 valence electrons. The lowest BCUT2D eigenvalue weighted by Crippen LogP contribution is -2.32. The van der Waals surface area contributed by atoms with Crippen molar-refractivity contribution in [1.82, 2.24) is 5.32 Å². The van der Waals surface area contributed by atoms with Gasteiger partial charge in [0.05, 0.1) is 14.2 Å². The molecule has 0 heterocycles. The number of hydrogen-bond acceptors (Lipinski definition) is 4. The third-order valence-electron chi connectivity index (χ3n) is 2.34. The van der Waals surface area contributed by atoms with Crippen LogP contribution in [0.2, 0.25) is 0 Å². The summed E-state index contributed by atoms with van der Waals surface area (Å²) in [7, 11) is 3.15. The number of rotatable bonds is 4. The lowest BCUT2D eigenvalue weighted by atomic mass is 10.2. The van der Waals surface area contributed by atoms with Crippen LogP contribution in [0.5, 0.6) is 11.5 Å². The van der Waals surface area contributed by atoms with Crippen LogP contribution in [0.25, 0.3) is 0 Å². The normalized spacial score (nSPS) is 10.9. The third-order valence-corrected chi connectivity index (χ3v) is 3.12. The summed E-state index contributed by atoms with van der Waals surface area (Å²) < 4.78 is 16.4. The standard InChI is InChI=1S/C14H20BrNO4/c1-14(2,3)20-13(17)16-8-9-6-10(18-4)12(15)11(7-9)19-5/h6-7H,8H2,1-5H3,(H,16,17). The van der Waals surface area contributed by atoms with E-state index in [-0.39, 0.29) is 0 Å². The Morgan fingerprint density at radius 3 is 2.10 bits per heavy atom. The van der Waals surface area contributed by atoms with Crippen molar-refractivity contribution in [2.75, 3.05) is 14.2 Å². The number of amides is 1. The van der Waals surface area contributed by atoms with Crippen LogP contribution < -0.4 is 14.8 Å². The molecule has 0 aliphatic heterocycles. The molecule has 0 atom stereocenters. The summed E-state index contributed by atoms with van der Waals surface area (Å²) in [6.07, 6.45) is -0.460. The first kappa shape index (κ1) is 16.6. The van der Waals surface area contributed by atoms with Gasteiger partial charge in [0.2, 0.25) is 0 Å². The number of carbonyl (C=O) groups is 1. The second-order valence-electron chi connectivity index (χ2n) is 5.17. The van der Waals surface area contributed by atoms with Gasteiger partial charge in [-0.1, -0.05) is 0 Å². The second kappa shape index (κ2) is 6.83. The topological polar surface area (TPSA) is 56.8 Å². The van der Waals surface area contributed by atoms with Crippen molar-refractivity contribution in [2.45, 2.75) is 32.9 Å². The highest BCUT2D eigenvalue weighted by molar-refractivity contribution is 9.10. The van der Waals surface area contributed by atoms with E-state index in [9.17, 15) is 4.79 Å². The number of alkyl carbamates (subject to hydrolysis) is 1. The van der Waals surface area contributed by atoms with Crippen LogP contribution in [0.3, 0.4) is 0 Å². The Balaban J connectivity index is 2.76. The van der Waals surface area contributed by atoms with Gasteiger partial charge in [0.15, 0.2) is 0 Å². The molecular formula is C14H20BrNO4. The van der Waals surface area contributed by atoms with E-state index in [0.29, 0.717) is 18.0 Å². The zero-order chi connectivity index (χ0) is 15.3. The summed E-state index contributed by atoms with van der Waals surface area (Å²) >= 11 is 3.39. The van der Waals surface area contributed by atoms with Crippen LogP contribution >= 0.6 is 15.9 Å². The monoisotopic (exact) mass is 345 g/mol. The van der Waals surface area contributed by atoms with E-state index in [1.807, 2.05) is 32.9 Å². The number of hydrogen-bond donors (Lipinski definition) is 1. The first-order valence-electron chi connectivity index (χ1n) is 6.14. The van der Waals surface area contributed by atoms with Gasteiger partial charge in [-0.25, -0.2) is 4.79 Å². The van der Waals surface area contributed by atoms with Gasteiger partial charge in [0.1, 0.15) is 21.6 Å². The first-order chi connectivity index (χ1) is 9.26. The van der Waals surface area contributed by atoms with Gasteiger partial charge in [0.25, 0.3) is 0 Å². The van der Waals surface area contributed by atoms with E-state index in [2.05, 4.69) is 21.2 Å². The van der Waals surface area contributed by atoms with Crippen LogP contribution in [0.1, 0.15) is 26.3 Å². The average molecular weight is 346 g/mol. The van der Waals surface area contributed by atoms with Crippen molar-refractivity contribution < 1.29 is 19.0 Å². The Morgan fingerprint density at radius 2 is 1.70 bits per heavy atom. The van der Waals surface area contributed by atoms with Gasteiger partial charge >= 0.3 is 6.09 Å². The maximum Gasteiger partial charge on any atom is 0.407 e. The Hall–Kier alpha value is -1.43. The molecular weight excluding hydrogens is 326 g/mol. The van der Waals surface area contributed by atoms with Gasteiger partial charge in [-0.2, -0.15) is 0 Å². The van der Waals surface area contributed by atoms with Gasteiger partial charge in [-0.15, -0.1) is 0 Å². The molecule has 1 amide bonds. The van der Waals surface area contributed by atoms with Crippen LogP contribution in [0, 0.1) is 0 Å². The highest BCUT2D eigenvalue weighted by Crippen LogP contribution is 2.35. The molecule has 6 heteroatoms. The summed E-state index contributed by atoms with van der Waals surface area (Å²) in [5.41, 5.74) is 0.340. The Kier molecular flexibility index (Phi) is 5.68. The molecule has 1 rings (SSSR count). The van der Waals surface area contributed by atoms with Crippen molar-refractivity contribution in [2.24, 2.45) is 0 Å². The average Bonchev–Trinajstić information content (AvgIpc) is 2.35. The van der Waals surface area contributed by atoms with E-state index in [1.54, 1.807) is 14.2 Å². The molecule has 1 aromatic rings. The smallest absolute Gasteiger partial charge is 0.407 e. The fraction of sp³-hybridized carbons (Fsp3) is 0.500. The quantitative estimate of drug-likeness (QED) is 0.907. The highest BCUT2D eigenvalue weighted by atomic mass is 79.9. The number of benzene rings is 1. The summed E-state index contributed by atoms with van der Waals surface area (Å²) in [6.45, 7) is 5.78. The SMILES string of the molecule is COc1cc(CNC(=O)OC(C)(C)C)cc(OC)c1Br. The highest BCUT2D eigenvalue weighted by Gasteiger charge is 2.16. The maximum absolute atomic E-state index is 11.6. The lowest BCUT2D eigenvalue weighted by molar-refractivity contribution is 0.0523. The van der Waals surface area contributed by atoms with Crippen LogP contribution in [-0.2, 0) is 11.3 Å². The Morgan fingerprint density at radius 1 is 1.20 bits per heavy atom.